The molecule has 1 aliphatic rings. The highest BCUT2D eigenvalue weighted by atomic mass is 16.5. The Kier molecular flexibility index (Phi) is 5.58. The third kappa shape index (κ3) is 4.44. The summed E-state index contributed by atoms with van der Waals surface area (Å²) in [5, 5.41) is 0. The van der Waals surface area contributed by atoms with Crippen LogP contribution in [0.5, 0.6) is 0 Å². The molecule has 1 rings (SSSR count). The summed E-state index contributed by atoms with van der Waals surface area (Å²) < 4.78 is 5.24. The van der Waals surface area contributed by atoms with E-state index in [4.69, 9.17) is 4.74 Å². The topological polar surface area (TPSA) is 49.9 Å². The summed E-state index contributed by atoms with van der Waals surface area (Å²) in [7, 11) is 2.04. The van der Waals surface area contributed by atoms with E-state index in [9.17, 15) is 9.59 Å². The number of nitrogens with zero attached hydrogens (tertiary/aromatic N) is 2. The molecule has 1 aliphatic heterocycles. The van der Waals surface area contributed by atoms with Gasteiger partial charge in [-0.3, -0.25) is 9.69 Å². The maximum absolute atomic E-state index is 11.4. The van der Waals surface area contributed by atoms with Gasteiger partial charge in [0.25, 0.3) is 0 Å². The van der Waals surface area contributed by atoms with Crippen molar-refractivity contribution in [3.8, 4) is 0 Å². The van der Waals surface area contributed by atoms with Gasteiger partial charge in [-0.25, -0.2) is 0 Å². The number of hydrogen-bond donors (Lipinski definition) is 0. The Bertz CT molecular complexity index is 268. The minimum Gasteiger partial charge on any atom is -0.464 e. The van der Waals surface area contributed by atoms with Crippen LogP contribution in [0.1, 0.15) is 13.8 Å². The maximum atomic E-state index is 11.4. The molecule has 1 saturated heterocycles. The van der Waals surface area contributed by atoms with Gasteiger partial charge in [-0.05, 0) is 7.05 Å². The first kappa shape index (κ1) is 14.1. The SMILES string of the molecule is CC(C)C(=O)OCC1CN(C)CCN1CC=O. The number of esters is 1. The highest BCUT2D eigenvalue weighted by molar-refractivity contribution is 5.71. The standard InChI is InChI=1S/C12H22N2O3/c1-10(2)12(16)17-9-11-8-13(3)4-5-14(11)6-7-15/h7,10-11H,4-6,8-9H2,1-3H3. The first-order chi connectivity index (χ1) is 8.04. The van der Waals surface area contributed by atoms with Crippen LogP contribution in [0.4, 0.5) is 0 Å². The minimum absolute atomic E-state index is 0.101. The number of piperazine rings is 1. The fourth-order valence-corrected chi connectivity index (χ4v) is 1.89. The summed E-state index contributed by atoms with van der Waals surface area (Å²) >= 11 is 0. The average Bonchev–Trinajstić information content (AvgIpc) is 2.29. The monoisotopic (exact) mass is 242 g/mol. The molecular weight excluding hydrogens is 220 g/mol. The van der Waals surface area contributed by atoms with Gasteiger partial charge in [0.05, 0.1) is 18.5 Å². The predicted molar refractivity (Wildman–Crippen MR) is 64.7 cm³/mol. The molecule has 0 bridgehead atoms. The van der Waals surface area contributed by atoms with Crippen LogP contribution in [-0.4, -0.2) is 67.9 Å². The zero-order chi connectivity index (χ0) is 12.8. The summed E-state index contributed by atoms with van der Waals surface area (Å²) in [5.74, 6) is -0.278. The van der Waals surface area contributed by atoms with Gasteiger partial charge in [0.2, 0.25) is 0 Å². The molecule has 1 heterocycles. The van der Waals surface area contributed by atoms with Crippen molar-refractivity contribution < 1.29 is 14.3 Å². The highest BCUT2D eigenvalue weighted by Crippen LogP contribution is 2.09. The third-order valence-electron chi connectivity index (χ3n) is 3.01. The van der Waals surface area contributed by atoms with Crippen LogP contribution >= 0.6 is 0 Å². The van der Waals surface area contributed by atoms with Crippen LogP contribution in [0.25, 0.3) is 0 Å². The summed E-state index contributed by atoms with van der Waals surface area (Å²) in [6.07, 6.45) is 0.905. The molecule has 0 radical (unpaired) electrons. The number of carbonyl (C=O) groups excluding carboxylic acids is 2. The number of ether oxygens (including phenoxy) is 1. The van der Waals surface area contributed by atoms with E-state index in [0.717, 1.165) is 25.9 Å². The van der Waals surface area contributed by atoms with Crippen LogP contribution < -0.4 is 0 Å². The molecule has 0 amide bonds. The molecule has 0 N–H and O–H groups in total. The fourth-order valence-electron chi connectivity index (χ4n) is 1.89. The molecule has 98 valence electrons. The average molecular weight is 242 g/mol. The Morgan fingerprint density at radius 2 is 2.18 bits per heavy atom. The number of carbonyl (C=O) groups is 2. The Hall–Kier alpha value is -0.940. The Morgan fingerprint density at radius 3 is 2.76 bits per heavy atom. The third-order valence-corrected chi connectivity index (χ3v) is 3.01. The van der Waals surface area contributed by atoms with E-state index in [2.05, 4.69) is 9.80 Å². The molecule has 0 aromatic carbocycles. The second-order valence-corrected chi connectivity index (χ2v) is 4.86. The van der Waals surface area contributed by atoms with Crippen molar-refractivity contribution in [2.75, 3.05) is 39.8 Å². The van der Waals surface area contributed by atoms with E-state index in [0.29, 0.717) is 13.2 Å². The van der Waals surface area contributed by atoms with Gasteiger partial charge in [0.1, 0.15) is 12.9 Å². The lowest BCUT2D eigenvalue weighted by molar-refractivity contribution is -0.149. The van der Waals surface area contributed by atoms with Gasteiger partial charge in [-0.1, -0.05) is 13.8 Å². The molecule has 0 aromatic rings. The van der Waals surface area contributed by atoms with Crippen molar-refractivity contribution in [1.82, 2.24) is 9.80 Å². The molecule has 0 spiro atoms. The lowest BCUT2D eigenvalue weighted by Crippen LogP contribution is -2.54. The molecule has 0 saturated carbocycles. The molecule has 1 fully saturated rings. The number of hydrogen-bond acceptors (Lipinski definition) is 5. The van der Waals surface area contributed by atoms with E-state index in [1.54, 1.807) is 0 Å². The van der Waals surface area contributed by atoms with Gasteiger partial charge in [-0.2, -0.15) is 0 Å². The summed E-state index contributed by atoms with van der Waals surface area (Å²) in [6, 6.07) is 0.127. The van der Waals surface area contributed by atoms with Crippen molar-refractivity contribution in [1.29, 1.82) is 0 Å². The van der Waals surface area contributed by atoms with Gasteiger partial charge >= 0.3 is 5.97 Å². The van der Waals surface area contributed by atoms with Crippen LogP contribution in [0.2, 0.25) is 0 Å². The second-order valence-electron chi connectivity index (χ2n) is 4.86. The van der Waals surface area contributed by atoms with E-state index in [1.165, 1.54) is 0 Å². The minimum atomic E-state index is -0.177. The van der Waals surface area contributed by atoms with Crippen molar-refractivity contribution in [3.05, 3.63) is 0 Å². The van der Waals surface area contributed by atoms with Gasteiger partial charge in [-0.15, -0.1) is 0 Å². The summed E-state index contributed by atoms with van der Waals surface area (Å²) in [4.78, 5) is 26.3. The van der Waals surface area contributed by atoms with Crippen molar-refractivity contribution >= 4 is 12.3 Å². The van der Waals surface area contributed by atoms with E-state index in [1.807, 2.05) is 20.9 Å². The Labute approximate surface area is 103 Å². The first-order valence-corrected chi connectivity index (χ1v) is 6.07. The fraction of sp³-hybridized carbons (Fsp3) is 0.833. The van der Waals surface area contributed by atoms with Crippen LogP contribution in [0.3, 0.4) is 0 Å². The molecular formula is C12H22N2O3. The Balaban J connectivity index is 2.45. The normalized spacial score (nSPS) is 22.7. The maximum Gasteiger partial charge on any atom is 0.308 e. The van der Waals surface area contributed by atoms with Gasteiger partial charge in [0, 0.05) is 19.6 Å². The zero-order valence-electron chi connectivity index (χ0n) is 10.9. The molecule has 0 aromatic heterocycles. The Morgan fingerprint density at radius 1 is 1.47 bits per heavy atom. The number of likely N-dealkylation sites (N-methyl/N-ethyl adjacent to an activating group) is 1. The lowest BCUT2D eigenvalue weighted by atomic mass is 10.2. The van der Waals surface area contributed by atoms with Crippen LogP contribution in [0.15, 0.2) is 0 Å². The van der Waals surface area contributed by atoms with Crippen molar-refractivity contribution in [2.45, 2.75) is 19.9 Å². The lowest BCUT2D eigenvalue weighted by Gasteiger charge is -2.38. The van der Waals surface area contributed by atoms with Crippen LogP contribution in [0, 0.1) is 5.92 Å². The molecule has 1 atom stereocenters. The van der Waals surface area contributed by atoms with Gasteiger partial charge < -0.3 is 14.4 Å². The quantitative estimate of drug-likeness (QED) is 0.502. The number of aldehydes is 1. The van der Waals surface area contributed by atoms with Crippen molar-refractivity contribution in [3.63, 3.8) is 0 Å². The molecule has 5 heteroatoms. The highest BCUT2D eigenvalue weighted by Gasteiger charge is 2.26. The summed E-state index contributed by atoms with van der Waals surface area (Å²) in [5.41, 5.74) is 0. The molecule has 17 heavy (non-hydrogen) atoms. The van der Waals surface area contributed by atoms with Crippen molar-refractivity contribution in [2.24, 2.45) is 5.92 Å². The van der Waals surface area contributed by atoms with E-state index in [-0.39, 0.29) is 17.9 Å². The van der Waals surface area contributed by atoms with Gasteiger partial charge in [0.15, 0.2) is 0 Å². The first-order valence-electron chi connectivity index (χ1n) is 6.07. The molecule has 5 nitrogen and oxygen atoms in total. The predicted octanol–water partition coefficient (Wildman–Crippen LogP) is 0.000500. The smallest absolute Gasteiger partial charge is 0.308 e. The van der Waals surface area contributed by atoms with E-state index >= 15 is 0 Å². The zero-order valence-corrected chi connectivity index (χ0v) is 10.9. The molecule has 1 unspecified atom stereocenters. The largest absolute Gasteiger partial charge is 0.464 e. The second kappa shape index (κ2) is 6.71. The number of rotatable bonds is 5. The van der Waals surface area contributed by atoms with Crippen LogP contribution in [-0.2, 0) is 14.3 Å². The van der Waals surface area contributed by atoms with E-state index < -0.39 is 0 Å². The summed E-state index contributed by atoms with van der Waals surface area (Å²) in [6.45, 7) is 7.05. The molecule has 0 aliphatic carbocycles.